The molecule has 0 aromatic heterocycles. The molecule has 1 aliphatic heterocycles. The molecule has 0 radical (unpaired) electrons. The average Bonchev–Trinajstić information content (AvgIpc) is 2.46. The highest BCUT2D eigenvalue weighted by Gasteiger charge is 2.23. The minimum absolute atomic E-state index is 0. The molecule has 0 unspecified atom stereocenters. The summed E-state index contributed by atoms with van der Waals surface area (Å²) in [4.78, 5) is 2.31. The molecule has 0 amide bonds. The lowest BCUT2D eigenvalue weighted by atomic mass is 10.0. The molecule has 0 spiro atoms. The molecular weight excluding hydrogens is 279 g/mol. The molecule has 1 atom stereocenters. The van der Waals surface area contributed by atoms with Crippen molar-refractivity contribution >= 4 is 12.4 Å². The van der Waals surface area contributed by atoms with Crippen molar-refractivity contribution in [3.8, 4) is 5.75 Å². The minimum Gasteiger partial charge on any atom is -0.497 e. The number of benzene rings is 1. The Kier molecular flexibility index (Phi) is 6.99. The first-order valence-electron chi connectivity index (χ1n) is 6.65. The van der Waals surface area contributed by atoms with Crippen LogP contribution in [0.5, 0.6) is 5.75 Å². The SMILES string of the molecule is C=CC[C@H](c1ccc(OC)cc1F)N1CCNCC1.Cl. The number of nitrogens with zero attached hydrogens (tertiary/aromatic N) is 1. The second-order valence-electron chi connectivity index (χ2n) is 4.71. The molecule has 0 bridgehead atoms. The Balaban J connectivity index is 0.00000200. The average molecular weight is 301 g/mol. The Morgan fingerprint density at radius 1 is 1.45 bits per heavy atom. The monoisotopic (exact) mass is 300 g/mol. The van der Waals surface area contributed by atoms with Crippen LogP contribution in [-0.4, -0.2) is 38.2 Å². The van der Waals surface area contributed by atoms with E-state index in [1.165, 1.54) is 6.07 Å². The first-order chi connectivity index (χ1) is 9.26. The van der Waals surface area contributed by atoms with Crippen LogP contribution in [0, 0.1) is 5.82 Å². The van der Waals surface area contributed by atoms with E-state index in [1.807, 2.05) is 18.2 Å². The predicted octanol–water partition coefficient (Wildman–Crippen LogP) is 2.78. The maximum Gasteiger partial charge on any atom is 0.131 e. The van der Waals surface area contributed by atoms with Crippen LogP contribution in [-0.2, 0) is 0 Å². The number of rotatable bonds is 5. The van der Waals surface area contributed by atoms with Gasteiger partial charge >= 0.3 is 0 Å². The van der Waals surface area contributed by atoms with Gasteiger partial charge in [-0.1, -0.05) is 12.1 Å². The fourth-order valence-corrected chi connectivity index (χ4v) is 2.53. The third-order valence-electron chi connectivity index (χ3n) is 3.55. The largest absolute Gasteiger partial charge is 0.497 e. The van der Waals surface area contributed by atoms with Gasteiger partial charge in [-0.25, -0.2) is 4.39 Å². The normalized spacial score (nSPS) is 17.1. The zero-order valence-corrected chi connectivity index (χ0v) is 12.6. The number of methoxy groups -OCH3 is 1. The number of halogens is 2. The van der Waals surface area contributed by atoms with Gasteiger partial charge in [0.1, 0.15) is 11.6 Å². The highest BCUT2D eigenvalue weighted by atomic mass is 35.5. The van der Waals surface area contributed by atoms with Crippen molar-refractivity contribution in [2.45, 2.75) is 12.5 Å². The Labute approximate surface area is 126 Å². The molecule has 1 N–H and O–H groups in total. The van der Waals surface area contributed by atoms with Gasteiger partial charge in [0.15, 0.2) is 0 Å². The number of hydrogen-bond donors (Lipinski definition) is 1. The molecule has 1 aromatic carbocycles. The summed E-state index contributed by atoms with van der Waals surface area (Å²) in [6, 6.07) is 5.15. The molecular formula is C15H22ClFN2O. The van der Waals surface area contributed by atoms with Crippen LogP contribution in [0.4, 0.5) is 4.39 Å². The smallest absolute Gasteiger partial charge is 0.131 e. The third-order valence-corrected chi connectivity index (χ3v) is 3.55. The molecule has 1 saturated heterocycles. The maximum atomic E-state index is 14.2. The van der Waals surface area contributed by atoms with Gasteiger partial charge in [-0.15, -0.1) is 19.0 Å². The molecule has 1 fully saturated rings. The van der Waals surface area contributed by atoms with E-state index in [-0.39, 0.29) is 24.3 Å². The Hall–Kier alpha value is -1.10. The lowest BCUT2D eigenvalue weighted by molar-refractivity contribution is 0.171. The second kappa shape index (κ2) is 8.25. The topological polar surface area (TPSA) is 24.5 Å². The van der Waals surface area contributed by atoms with Gasteiger partial charge in [0.25, 0.3) is 0 Å². The van der Waals surface area contributed by atoms with Crippen molar-refractivity contribution in [3.05, 3.63) is 42.2 Å². The van der Waals surface area contributed by atoms with E-state index in [1.54, 1.807) is 7.11 Å². The van der Waals surface area contributed by atoms with Gasteiger partial charge in [0, 0.05) is 43.9 Å². The minimum atomic E-state index is -0.204. The van der Waals surface area contributed by atoms with Crippen LogP contribution in [0.15, 0.2) is 30.9 Å². The highest BCUT2D eigenvalue weighted by molar-refractivity contribution is 5.85. The molecule has 1 aromatic rings. The molecule has 5 heteroatoms. The molecule has 20 heavy (non-hydrogen) atoms. The van der Waals surface area contributed by atoms with E-state index < -0.39 is 0 Å². The van der Waals surface area contributed by atoms with Crippen molar-refractivity contribution in [3.63, 3.8) is 0 Å². The summed E-state index contributed by atoms with van der Waals surface area (Å²) >= 11 is 0. The Bertz CT molecular complexity index is 436. The molecule has 1 aliphatic rings. The van der Waals surface area contributed by atoms with Crippen molar-refractivity contribution in [1.82, 2.24) is 10.2 Å². The van der Waals surface area contributed by atoms with Crippen LogP contribution >= 0.6 is 12.4 Å². The zero-order valence-electron chi connectivity index (χ0n) is 11.8. The van der Waals surface area contributed by atoms with E-state index in [4.69, 9.17) is 4.74 Å². The summed E-state index contributed by atoms with van der Waals surface area (Å²) in [5.41, 5.74) is 0.725. The molecule has 2 rings (SSSR count). The van der Waals surface area contributed by atoms with Crippen LogP contribution in [0.3, 0.4) is 0 Å². The Morgan fingerprint density at radius 3 is 2.70 bits per heavy atom. The summed E-state index contributed by atoms with van der Waals surface area (Å²) in [6.45, 7) is 7.56. The number of ether oxygens (including phenoxy) is 1. The number of hydrogen-bond acceptors (Lipinski definition) is 3. The molecule has 3 nitrogen and oxygen atoms in total. The van der Waals surface area contributed by atoms with Crippen LogP contribution < -0.4 is 10.1 Å². The van der Waals surface area contributed by atoms with Gasteiger partial charge in [0.2, 0.25) is 0 Å². The molecule has 0 saturated carbocycles. The molecule has 0 aliphatic carbocycles. The van der Waals surface area contributed by atoms with Crippen molar-refractivity contribution in [2.24, 2.45) is 0 Å². The van der Waals surface area contributed by atoms with Gasteiger partial charge in [0.05, 0.1) is 7.11 Å². The zero-order chi connectivity index (χ0) is 13.7. The fourth-order valence-electron chi connectivity index (χ4n) is 2.53. The van der Waals surface area contributed by atoms with Crippen LogP contribution in [0.1, 0.15) is 18.0 Å². The summed E-state index contributed by atoms with van der Waals surface area (Å²) in [5, 5.41) is 3.31. The summed E-state index contributed by atoms with van der Waals surface area (Å²) in [7, 11) is 1.55. The third kappa shape index (κ3) is 3.95. The summed E-state index contributed by atoms with van der Waals surface area (Å²) < 4.78 is 19.3. The van der Waals surface area contributed by atoms with Crippen LogP contribution in [0.25, 0.3) is 0 Å². The van der Waals surface area contributed by atoms with E-state index in [2.05, 4.69) is 16.8 Å². The molecule has 1 heterocycles. The highest BCUT2D eigenvalue weighted by Crippen LogP contribution is 2.29. The van der Waals surface area contributed by atoms with E-state index in [9.17, 15) is 4.39 Å². The van der Waals surface area contributed by atoms with Crippen LogP contribution in [0.2, 0.25) is 0 Å². The quantitative estimate of drug-likeness (QED) is 0.846. The lowest BCUT2D eigenvalue weighted by Crippen LogP contribution is -2.45. The first-order valence-corrected chi connectivity index (χ1v) is 6.65. The summed E-state index contributed by atoms with van der Waals surface area (Å²) in [6.07, 6.45) is 2.61. The first kappa shape index (κ1) is 17.0. The van der Waals surface area contributed by atoms with Crippen molar-refractivity contribution in [2.75, 3.05) is 33.3 Å². The van der Waals surface area contributed by atoms with E-state index in [0.29, 0.717) is 5.75 Å². The van der Waals surface area contributed by atoms with Crippen molar-refractivity contribution in [1.29, 1.82) is 0 Å². The number of piperazine rings is 1. The second-order valence-corrected chi connectivity index (χ2v) is 4.71. The molecule has 112 valence electrons. The van der Waals surface area contributed by atoms with Gasteiger partial charge < -0.3 is 10.1 Å². The number of nitrogens with one attached hydrogen (secondary N) is 1. The van der Waals surface area contributed by atoms with E-state index >= 15 is 0 Å². The van der Waals surface area contributed by atoms with E-state index in [0.717, 1.165) is 38.2 Å². The fraction of sp³-hybridized carbons (Fsp3) is 0.467. The lowest BCUT2D eigenvalue weighted by Gasteiger charge is -2.35. The standard InChI is InChI=1S/C15H21FN2O.ClH/c1-3-4-15(18-9-7-17-8-10-18)13-6-5-12(19-2)11-14(13)16;/h3,5-6,11,15,17H,1,4,7-10H2,2H3;1H/t15-;/m1./s1. The van der Waals surface area contributed by atoms with Gasteiger partial charge in [-0.3, -0.25) is 4.90 Å². The predicted molar refractivity (Wildman–Crippen MR) is 82.2 cm³/mol. The van der Waals surface area contributed by atoms with Crippen molar-refractivity contribution < 1.29 is 9.13 Å². The van der Waals surface area contributed by atoms with Gasteiger partial charge in [-0.05, 0) is 12.5 Å². The Morgan fingerprint density at radius 2 is 2.15 bits per heavy atom. The maximum absolute atomic E-state index is 14.2. The summed E-state index contributed by atoms with van der Waals surface area (Å²) in [5.74, 6) is 0.351. The van der Waals surface area contributed by atoms with Gasteiger partial charge in [-0.2, -0.15) is 0 Å².